The molecule has 1 aromatic rings. The molecule has 0 bridgehead atoms. The van der Waals surface area contributed by atoms with E-state index in [-0.39, 0.29) is 36.0 Å². The molecule has 1 atom stereocenters. The van der Waals surface area contributed by atoms with Crippen LogP contribution >= 0.6 is 0 Å². The van der Waals surface area contributed by atoms with Crippen molar-refractivity contribution < 1.29 is 21.9 Å². The molecule has 10 heteroatoms. The Labute approximate surface area is 117 Å². The highest BCUT2D eigenvalue weighted by molar-refractivity contribution is 7.92. The number of nitrogens with zero attached hydrogens (tertiary/aromatic N) is 2. The van der Waals surface area contributed by atoms with Gasteiger partial charge >= 0.3 is 0 Å². The van der Waals surface area contributed by atoms with Gasteiger partial charge in [-0.2, -0.15) is 9.40 Å². The highest BCUT2D eigenvalue weighted by Crippen LogP contribution is 2.25. The van der Waals surface area contributed by atoms with Crippen LogP contribution in [0.25, 0.3) is 0 Å². The van der Waals surface area contributed by atoms with Crippen molar-refractivity contribution in [3.8, 4) is 0 Å². The maximum Gasteiger partial charge on any atom is 0.246 e. The fourth-order valence-electron chi connectivity index (χ4n) is 2.33. The molecule has 2 N–H and O–H groups in total. The standard InChI is InChI=1S/C10H17N3O5S2/c1-8-10(6-11-12-8)20(17,18)13(3-4-14)9-2-5-19(15,16)7-9/h6,9,14H,2-5,7H2,1H3,(H,11,12). The van der Waals surface area contributed by atoms with Crippen LogP contribution in [0.4, 0.5) is 0 Å². The van der Waals surface area contributed by atoms with Crippen molar-refractivity contribution in [3.05, 3.63) is 11.9 Å². The molecule has 2 heterocycles. The van der Waals surface area contributed by atoms with Crippen LogP contribution in [0.1, 0.15) is 12.1 Å². The molecule has 2 rings (SSSR count). The zero-order valence-corrected chi connectivity index (χ0v) is 12.6. The van der Waals surface area contributed by atoms with Gasteiger partial charge in [0.1, 0.15) is 4.90 Å². The molecule has 8 nitrogen and oxygen atoms in total. The molecule has 0 aromatic carbocycles. The van der Waals surface area contributed by atoms with Gasteiger partial charge in [-0.05, 0) is 13.3 Å². The second-order valence-electron chi connectivity index (χ2n) is 4.76. The van der Waals surface area contributed by atoms with Crippen molar-refractivity contribution >= 4 is 19.9 Å². The molecule has 114 valence electrons. The van der Waals surface area contributed by atoms with Crippen LogP contribution < -0.4 is 0 Å². The summed E-state index contributed by atoms with van der Waals surface area (Å²) in [5.41, 5.74) is 0.383. The minimum atomic E-state index is -3.87. The number of aromatic amines is 1. The number of H-pyrrole nitrogens is 1. The van der Waals surface area contributed by atoms with E-state index in [0.717, 1.165) is 4.31 Å². The van der Waals surface area contributed by atoms with E-state index in [2.05, 4.69) is 10.2 Å². The monoisotopic (exact) mass is 323 g/mol. The third kappa shape index (κ3) is 2.87. The predicted octanol–water partition coefficient (Wildman–Crippen LogP) is -1.11. The van der Waals surface area contributed by atoms with E-state index >= 15 is 0 Å². The molecule has 0 amide bonds. The molecule has 1 aliphatic heterocycles. The van der Waals surface area contributed by atoms with Gasteiger partial charge in [0.2, 0.25) is 10.0 Å². The Kier molecular flexibility index (Phi) is 4.19. The number of aliphatic hydroxyl groups excluding tert-OH is 1. The summed E-state index contributed by atoms with van der Waals surface area (Å²) in [5, 5.41) is 15.3. The number of sulfone groups is 1. The van der Waals surface area contributed by atoms with Crippen LogP contribution in [0.3, 0.4) is 0 Å². The number of sulfonamides is 1. The average molecular weight is 323 g/mol. The summed E-state index contributed by atoms with van der Waals surface area (Å²) in [4.78, 5) is 0.00949. The lowest BCUT2D eigenvalue weighted by molar-refractivity contribution is 0.232. The topological polar surface area (TPSA) is 120 Å². The number of hydrogen-bond acceptors (Lipinski definition) is 6. The lowest BCUT2D eigenvalue weighted by Gasteiger charge is -2.26. The van der Waals surface area contributed by atoms with Crippen molar-refractivity contribution in [2.45, 2.75) is 24.3 Å². The summed E-state index contributed by atoms with van der Waals surface area (Å²) in [6.07, 6.45) is 1.44. The van der Waals surface area contributed by atoms with Crippen LogP contribution in [0.15, 0.2) is 11.1 Å². The Morgan fingerprint density at radius 3 is 2.70 bits per heavy atom. The van der Waals surface area contributed by atoms with Gasteiger partial charge in [-0.3, -0.25) is 5.10 Å². The lowest BCUT2D eigenvalue weighted by atomic mass is 10.3. The summed E-state index contributed by atoms with van der Waals surface area (Å²) >= 11 is 0. The molecular formula is C10H17N3O5S2. The largest absolute Gasteiger partial charge is 0.395 e. The zero-order valence-electron chi connectivity index (χ0n) is 11.0. The van der Waals surface area contributed by atoms with E-state index in [1.54, 1.807) is 6.92 Å². The predicted molar refractivity (Wildman–Crippen MR) is 71.4 cm³/mol. The first kappa shape index (κ1) is 15.4. The lowest BCUT2D eigenvalue weighted by Crippen LogP contribution is -2.42. The van der Waals surface area contributed by atoms with Gasteiger partial charge in [-0.25, -0.2) is 16.8 Å². The van der Waals surface area contributed by atoms with Gasteiger partial charge in [0.15, 0.2) is 9.84 Å². The quantitative estimate of drug-likeness (QED) is 0.709. The van der Waals surface area contributed by atoms with Crippen LogP contribution in [-0.4, -0.2) is 67.1 Å². The summed E-state index contributed by atoms with van der Waals surface area (Å²) in [5.74, 6) is -0.234. The molecule has 0 saturated carbocycles. The second-order valence-corrected chi connectivity index (χ2v) is 8.84. The zero-order chi connectivity index (χ0) is 15.0. The van der Waals surface area contributed by atoms with Gasteiger partial charge in [0.05, 0.1) is 30.0 Å². The van der Waals surface area contributed by atoms with E-state index < -0.39 is 25.9 Å². The van der Waals surface area contributed by atoms with Gasteiger partial charge in [0.25, 0.3) is 0 Å². The molecule has 20 heavy (non-hydrogen) atoms. The molecule has 1 fully saturated rings. The van der Waals surface area contributed by atoms with Crippen molar-refractivity contribution in [2.75, 3.05) is 24.7 Å². The van der Waals surface area contributed by atoms with Crippen LogP contribution in [0.2, 0.25) is 0 Å². The third-order valence-corrected chi connectivity index (χ3v) is 7.12. The van der Waals surface area contributed by atoms with E-state index in [0.29, 0.717) is 5.69 Å². The first-order valence-electron chi connectivity index (χ1n) is 6.11. The SMILES string of the molecule is Cc1[nH]ncc1S(=O)(=O)N(CCO)C1CCS(=O)(=O)C1. The first-order chi connectivity index (χ1) is 9.28. The number of nitrogens with one attached hydrogen (secondary N) is 1. The summed E-state index contributed by atoms with van der Waals surface area (Å²) in [7, 11) is -7.08. The molecule has 0 spiro atoms. The fraction of sp³-hybridized carbons (Fsp3) is 0.700. The maximum atomic E-state index is 12.6. The Balaban J connectivity index is 2.36. The second kappa shape index (κ2) is 5.43. The minimum Gasteiger partial charge on any atom is -0.395 e. The highest BCUT2D eigenvalue weighted by atomic mass is 32.2. The molecule has 0 aliphatic carbocycles. The van der Waals surface area contributed by atoms with E-state index in [1.807, 2.05) is 0 Å². The number of rotatable bonds is 5. The number of hydrogen-bond donors (Lipinski definition) is 2. The Hall–Kier alpha value is -0.970. The highest BCUT2D eigenvalue weighted by Gasteiger charge is 2.39. The van der Waals surface area contributed by atoms with Gasteiger partial charge in [-0.15, -0.1) is 0 Å². The van der Waals surface area contributed by atoms with Crippen molar-refractivity contribution in [1.29, 1.82) is 0 Å². The Bertz CT molecular complexity index is 680. The number of aryl methyl sites for hydroxylation is 1. The van der Waals surface area contributed by atoms with Gasteiger partial charge in [-0.1, -0.05) is 0 Å². The third-order valence-electron chi connectivity index (χ3n) is 3.31. The smallest absolute Gasteiger partial charge is 0.246 e. The number of aliphatic hydroxyl groups is 1. The molecular weight excluding hydrogens is 306 g/mol. The molecule has 1 aliphatic rings. The van der Waals surface area contributed by atoms with Crippen LogP contribution in [0, 0.1) is 6.92 Å². The van der Waals surface area contributed by atoms with Gasteiger partial charge in [0, 0.05) is 12.6 Å². The molecule has 1 saturated heterocycles. The summed E-state index contributed by atoms with van der Waals surface area (Å²) in [6.45, 7) is 1.07. The minimum absolute atomic E-state index is 0.00949. The Morgan fingerprint density at radius 1 is 1.55 bits per heavy atom. The van der Waals surface area contributed by atoms with Gasteiger partial charge < -0.3 is 5.11 Å². The Morgan fingerprint density at radius 2 is 2.25 bits per heavy atom. The van der Waals surface area contributed by atoms with Crippen LogP contribution in [-0.2, 0) is 19.9 Å². The average Bonchev–Trinajstić information content (AvgIpc) is 2.92. The van der Waals surface area contributed by atoms with Crippen molar-refractivity contribution in [1.82, 2.24) is 14.5 Å². The van der Waals surface area contributed by atoms with E-state index in [9.17, 15) is 16.8 Å². The van der Waals surface area contributed by atoms with Crippen molar-refractivity contribution in [2.24, 2.45) is 0 Å². The normalized spacial score (nSPS) is 22.4. The van der Waals surface area contributed by atoms with E-state index in [4.69, 9.17) is 5.11 Å². The molecule has 1 aromatic heterocycles. The fourth-order valence-corrected chi connectivity index (χ4v) is 5.92. The summed E-state index contributed by atoms with van der Waals surface area (Å²) in [6, 6.07) is -0.633. The van der Waals surface area contributed by atoms with E-state index in [1.165, 1.54) is 6.20 Å². The number of aromatic nitrogens is 2. The summed E-state index contributed by atoms with van der Waals surface area (Å²) < 4.78 is 49.2. The maximum absolute atomic E-state index is 12.6. The molecule has 0 radical (unpaired) electrons. The molecule has 1 unspecified atom stereocenters. The first-order valence-corrected chi connectivity index (χ1v) is 9.37. The van der Waals surface area contributed by atoms with Crippen molar-refractivity contribution in [3.63, 3.8) is 0 Å². The van der Waals surface area contributed by atoms with Crippen LogP contribution in [0.5, 0.6) is 0 Å².